The van der Waals surface area contributed by atoms with Crippen LogP contribution < -0.4 is 5.32 Å². The van der Waals surface area contributed by atoms with Gasteiger partial charge in [0.15, 0.2) is 0 Å². The van der Waals surface area contributed by atoms with Gasteiger partial charge in [0.2, 0.25) is 0 Å². The number of thiophene rings is 1. The monoisotopic (exact) mass is 409 g/mol. The Morgan fingerprint density at radius 1 is 1.24 bits per heavy atom. The molecule has 4 heterocycles. The Morgan fingerprint density at radius 3 is 2.97 bits per heavy atom. The van der Waals surface area contributed by atoms with Crippen LogP contribution in [0.2, 0.25) is 0 Å². The molecule has 1 aliphatic heterocycles. The van der Waals surface area contributed by atoms with E-state index in [0.717, 1.165) is 73.8 Å². The molecule has 0 aromatic carbocycles. The third-order valence-corrected chi connectivity index (χ3v) is 6.98. The number of nitrogens with zero attached hydrogens (tertiary/aromatic N) is 4. The third kappa shape index (κ3) is 4.13. The quantitative estimate of drug-likeness (QED) is 0.694. The van der Waals surface area contributed by atoms with Crippen LogP contribution in [0.1, 0.15) is 35.3 Å². The second kappa shape index (κ2) is 8.34. The lowest BCUT2D eigenvalue weighted by Gasteiger charge is -2.26. The number of hydrogen-bond acceptors (Lipinski definition) is 7. The Labute approximate surface area is 175 Å². The average molecular weight is 410 g/mol. The second-order valence-corrected chi connectivity index (χ2v) is 9.17. The Bertz CT molecular complexity index is 984. The summed E-state index contributed by atoms with van der Waals surface area (Å²) in [5.74, 6) is 2.62. The molecule has 3 aromatic rings. The summed E-state index contributed by atoms with van der Waals surface area (Å²) >= 11 is 1.87. The summed E-state index contributed by atoms with van der Waals surface area (Å²) in [6.45, 7) is 7.26. The molecule has 1 atom stereocenters. The van der Waals surface area contributed by atoms with Crippen LogP contribution in [0.4, 0.5) is 5.82 Å². The number of pyridine rings is 1. The molecule has 0 radical (unpaired) electrons. The van der Waals surface area contributed by atoms with E-state index in [2.05, 4.69) is 22.1 Å². The van der Waals surface area contributed by atoms with Crippen LogP contribution in [0.25, 0.3) is 10.2 Å². The molecule has 0 unspecified atom stereocenters. The van der Waals surface area contributed by atoms with E-state index < -0.39 is 0 Å². The van der Waals surface area contributed by atoms with Crippen LogP contribution in [0.5, 0.6) is 0 Å². The number of nitrogens with one attached hydrogen (secondary N) is 1. The van der Waals surface area contributed by atoms with Crippen LogP contribution in [0.3, 0.4) is 0 Å². The number of aromatic nitrogens is 3. The van der Waals surface area contributed by atoms with Crippen LogP contribution in [-0.2, 0) is 30.7 Å². The third-order valence-electron chi connectivity index (χ3n) is 5.83. The molecule has 1 aliphatic carbocycles. The smallest absolute Gasteiger partial charge is 0.146 e. The first-order chi connectivity index (χ1) is 14.3. The second-order valence-electron chi connectivity index (χ2n) is 8.08. The van der Waals surface area contributed by atoms with Gasteiger partial charge in [0.1, 0.15) is 16.5 Å². The minimum absolute atomic E-state index is 0.672. The standard InChI is InChI=1S/C22H27N5OS/c1-15-5-6-17-18(12-15)29-22-20(17)21(24-13-16-4-2-3-7-23-16)25-19(26-22)14-27-8-10-28-11-9-27/h2-4,7,15H,5-6,8-14H2,1H3,(H,24,25,26)/t15-/m1/s1. The molecule has 1 saturated heterocycles. The van der Waals surface area contributed by atoms with Crippen molar-refractivity contribution < 1.29 is 4.74 Å². The number of aryl methyl sites for hydroxylation is 1. The van der Waals surface area contributed by atoms with Crippen LogP contribution in [0.15, 0.2) is 24.4 Å². The van der Waals surface area contributed by atoms with Gasteiger partial charge in [-0.2, -0.15) is 0 Å². The van der Waals surface area contributed by atoms with Gasteiger partial charge in [-0.05, 0) is 42.9 Å². The van der Waals surface area contributed by atoms with Gasteiger partial charge in [0.25, 0.3) is 0 Å². The maximum Gasteiger partial charge on any atom is 0.146 e. The lowest BCUT2D eigenvalue weighted by Crippen LogP contribution is -2.36. The molecular weight excluding hydrogens is 382 g/mol. The highest BCUT2D eigenvalue weighted by molar-refractivity contribution is 7.19. The van der Waals surface area contributed by atoms with Crippen molar-refractivity contribution in [3.63, 3.8) is 0 Å². The van der Waals surface area contributed by atoms with E-state index in [-0.39, 0.29) is 0 Å². The lowest BCUT2D eigenvalue weighted by atomic mass is 9.89. The van der Waals surface area contributed by atoms with Crippen molar-refractivity contribution in [1.82, 2.24) is 19.9 Å². The van der Waals surface area contributed by atoms with Crippen molar-refractivity contribution in [2.75, 3.05) is 31.6 Å². The summed E-state index contributed by atoms with van der Waals surface area (Å²) in [4.78, 5) is 19.4. The predicted octanol–water partition coefficient (Wildman–Crippen LogP) is 3.66. The molecule has 0 spiro atoms. The van der Waals surface area contributed by atoms with Crippen molar-refractivity contribution in [1.29, 1.82) is 0 Å². The molecule has 5 rings (SSSR count). The molecule has 6 nitrogen and oxygen atoms in total. The minimum atomic E-state index is 0.672. The van der Waals surface area contributed by atoms with E-state index >= 15 is 0 Å². The highest BCUT2D eigenvalue weighted by Gasteiger charge is 2.24. The van der Waals surface area contributed by atoms with E-state index in [9.17, 15) is 0 Å². The van der Waals surface area contributed by atoms with E-state index in [1.54, 1.807) is 0 Å². The first-order valence-electron chi connectivity index (χ1n) is 10.5. The maximum absolute atomic E-state index is 5.48. The van der Waals surface area contributed by atoms with Crippen molar-refractivity contribution in [2.24, 2.45) is 5.92 Å². The fourth-order valence-corrected chi connectivity index (χ4v) is 5.62. The number of anilines is 1. The molecule has 7 heteroatoms. The molecular formula is C22H27N5OS. The average Bonchev–Trinajstić information content (AvgIpc) is 3.11. The summed E-state index contributed by atoms with van der Waals surface area (Å²) in [5.41, 5.74) is 2.48. The molecule has 1 N–H and O–H groups in total. The number of morpholine rings is 1. The van der Waals surface area contributed by atoms with Crippen LogP contribution >= 0.6 is 11.3 Å². The normalized spacial score (nSPS) is 20.0. The van der Waals surface area contributed by atoms with Gasteiger partial charge in [0.05, 0.1) is 37.4 Å². The number of fused-ring (bicyclic) bond motifs is 3. The van der Waals surface area contributed by atoms with Gasteiger partial charge in [-0.15, -0.1) is 11.3 Å². The van der Waals surface area contributed by atoms with Crippen LogP contribution in [0, 0.1) is 5.92 Å². The zero-order valence-electron chi connectivity index (χ0n) is 16.9. The Morgan fingerprint density at radius 2 is 2.14 bits per heavy atom. The van der Waals surface area contributed by atoms with Gasteiger partial charge < -0.3 is 10.1 Å². The predicted molar refractivity (Wildman–Crippen MR) is 116 cm³/mol. The summed E-state index contributed by atoms with van der Waals surface area (Å²) in [6.07, 6.45) is 5.37. The van der Waals surface area contributed by atoms with Gasteiger partial charge >= 0.3 is 0 Å². The topological polar surface area (TPSA) is 63.2 Å². The highest BCUT2D eigenvalue weighted by atomic mass is 32.1. The van der Waals surface area contributed by atoms with Crippen molar-refractivity contribution in [3.05, 3.63) is 46.4 Å². The Kier molecular flexibility index (Phi) is 5.44. The minimum Gasteiger partial charge on any atom is -0.379 e. The zero-order chi connectivity index (χ0) is 19.6. The summed E-state index contributed by atoms with van der Waals surface area (Å²) in [6, 6.07) is 6.02. The zero-order valence-corrected chi connectivity index (χ0v) is 17.7. The molecule has 0 bridgehead atoms. The van der Waals surface area contributed by atoms with Crippen molar-refractivity contribution >= 4 is 27.4 Å². The molecule has 2 aliphatic rings. The van der Waals surface area contributed by atoms with Gasteiger partial charge in [0, 0.05) is 24.2 Å². The Balaban J connectivity index is 1.49. The van der Waals surface area contributed by atoms with E-state index in [0.29, 0.717) is 6.54 Å². The fraction of sp³-hybridized carbons (Fsp3) is 0.500. The molecule has 1 fully saturated rings. The van der Waals surface area contributed by atoms with E-state index in [1.165, 1.54) is 22.2 Å². The largest absolute Gasteiger partial charge is 0.379 e. The number of ether oxygens (including phenoxy) is 1. The highest BCUT2D eigenvalue weighted by Crippen LogP contribution is 2.40. The van der Waals surface area contributed by atoms with Crippen molar-refractivity contribution in [2.45, 2.75) is 39.3 Å². The van der Waals surface area contributed by atoms with E-state index in [4.69, 9.17) is 14.7 Å². The summed E-state index contributed by atoms with van der Waals surface area (Å²) < 4.78 is 5.48. The summed E-state index contributed by atoms with van der Waals surface area (Å²) in [7, 11) is 0. The Hall–Kier alpha value is -2.09. The summed E-state index contributed by atoms with van der Waals surface area (Å²) in [5, 5.41) is 4.81. The first-order valence-corrected chi connectivity index (χ1v) is 11.3. The van der Waals surface area contributed by atoms with E-state index in [1.807, 2.05) is 35.7 Å². The van der Waals surface area contributed by atoms with Gasteiger partial charge in [-0.3, -0.25) is 9.88 Å². The molecule has 0 amide bonds. The van der Waals surface area contributed by atoms with Gasteiger partial charge in [-0.25, -0.2) is 9.97 Å². The number of hydrogen-bond donors (Lipinski definition) is 1. The molecule has 152 valence electrons. The SMILES string of the molecule is C[C@@H]1CCc2c(sc3nc(CN4CCOCC4)nc(NCc4ccccn4)c23)C1. The van der Waals surface area contributed by atoms with Gasteiger partial charge in [-0.1, -0.05) is 13.0 Å². The fourth-order valence-electron chi connectivity index (χ4n) is 4.22. The van der Waals surface area contributed by atoms with Crippen molar-refractivity contribution in [3.8, 4) is 0 Å². The van der Waals surface area contributed by atoms with Crippen LogP contribution in [-0.4, -0.2) is 46.2 Å². The maximum atomic E-state index is 5.48. The molecule has 0 saturated carbocycles. The first kappa shape index (κ1) is 18.9. The molecule has 3 aromatic heterocycles. The number of rotatable bonds is 5. The lowest BCUT2D eigenvalue weighted by molar-refractivity contribution is 0.0331. The molecule has 29 heavy (non-hydrogen) atoms.